The molecule has 1 aliphatic heterocycles. The summed E-state index contributed by atoms with van der Waals surface area (Å²) in [6.45, 7) is 2.78. The average Bonchev–Trinajstić information content (AvgIpc) is 2.57. The Morgan fingerprint density at radius 2 is 2.27 bits per heavy atom. The topological polar surface area (TPSA) is 46.6 Å². The Kier molecular flexibility index (Phi) is 4.34. The normalized spacial score (nSPS) is 18.7. The summed E-state index contributed by atoms with van der Waals surface area (Å²) in [5.41, 5.74) is 0.792. The van der Waals surface area contributed by atoms with Crippen LogP contribution in [0.3, 0.4) is 0 Å². The van der Waals surface area contributed by atoms with Gasteiger partial charge in [0.25, 0.3) is 0 Å². The van der Waals surface area contributed by atoms with Crippen LogP contribution in [-0.4, -0.2) is 30.4 Å². The van der Waals surface area contributed by atoms with E-state index in [0.717, 1.165) is 18.5 Å². The Balaban J connectivity index is 2.67. The predicted octanol–water partition coefficient (Wildman–Crippen LogP) is 1.47. The van der Waals surface area contributed by atoms with E-state index < -0.39 is 0 Å². The van der Waals surface area contributed by atoms with Crippen molar-refractivity contribution in [3.8, 4) is 0 Å². The molecule has 0 aromatic heterocycles. The monoisotopic (exact) mass is 211 g/mol. The van der Waals surface area contributed by atoms with Gasteiger partial charge in [-0.25, -0.2) is 4.79 Å². The number of hydrogen-bond acceptors (Lipinski definition) is 3. The van der Waals surface area contributed by atoms with Crippen LogP contribution in [0.4, 0.5) is 0 Å². The van der Waals surface area contributed by atoms with Crippen LogP contribution < -0.4 is 0 Å². The Morgan fingerprint density at radius 1 is 1.53 bits per heavy atom. The molecule has 0 bridgehead atoms. The van der Waals surface area contributed by atoms with Gasteiger partial charge in [-0.2, -0.15) is 0 Å². The van der Waals surface area contributed by atoms with E-state index in [4.69, 9.17) is 0 Å². The Hall–Kier alpha value is -1.32. The highest BCUT2D eigenvalue weighted by Crippen LogP contribution is 2.22. The van der Waals surface area contributed by atoms with Crippen LogP contribution in [0.15, 0.2) is 11.8 Å². The van der Waals surface area contributed by atoms with Crippen LogP contribution in [-0.2, 0) is 14.3 Å². The lowest BCUT2D eigenvalue weighted by Gasteiger charge is -2.17. The van der Waals surface area contributed by atoms with Crippen molar-refractivity contribution in [2.75, 3.05) is 13.7 Å². The highest BCUT2D eigenvalue weighted by atomic mass is 16.5. The van der Waals surface area contributed by atoms with Crippen molar-refractivity contribution >= 4 is 11.9 Å². The zero-order chi connectivity index (χ0) is 11.3. The summed E-state index contributed by atoms with van der Waals surface area (Å²) < 4.78 is 4.55. The molecule has 0 N–H and O–H groups in total. The fourth-order valence-electron chi connectivity index (χ4n) is 1.59. The molecule has 1 heterocycles. The maximum atomic E-state index is 11.5. The van der Waals surface area contributed by atoms with Crippen molar-refractivity contribution in [1.29, 1.82) is 0 Å². The van der Waals surface area contributed by atoms with Gasteiger partial charge in [0.15, 0.2) is 0 Å². The van der Waals surface area contributed by atoms with Gasteiger partial charge in [-0.05, 0) is 12.8 Å². The van der Waals surface area contributed by atoms with E-state index >= 15 is 0 Å². The van der Waals surface area contributed by atoms with E-state index in [9.17, 15) is 9.59 Å². The number of unbranched alkanes of at least 4 members (excludes halogenated alkanes) is 1. The fraction of sp³-hybridized carbons (Fsp3) is 0.636. The number of methoxy groups -OCH3 is 1. The molecule has 0 unspecified atom stereocenters. The molecule has 1 rings (SSSR count). The van der Waals surface area contributed by atoms with Gasteiger partial charge in [-0.3, -0.25) is 4.79 Å². The maximum absolute atomic E-state index is 11.5. The number of carbonyl (C=O) groups is 2. The minimum atomic E-state index is -0.388. The molecule has 0 aromatic rings. The molecule has 0 spiro atoms. The van der Waals surface area contributed by atoms with Crippen LogP contribution >= 0.6 is 0 Å². The first-order valence-electron chi connectivity index (χ1n) is 5.28. The van der Waals surface area contributed by atoms with Gasteiger partial charge in [-0.15, -0.1) is 0 Å². The average molecular weight is 211 g/mol. The number of esters is 1. The molecule has 0 aliphatic carbocycles. The van der Waals surface area contributed by atoms with Crippen molar-refractivity contribution in [1.82, 2.24) is 4.90 Å². The van der Waals surface area contributed by atoms with Gasteiger partial charge in [-0.1, -0.05) is 13.3 Å². The van der Waals surface area contributed by atoms with Crippen LogP contribution in [0.1, 0.15) is 32.6 Å². The number of ether oxygens (including phenoxy) is 1. The quantitative estimate of drug-likeness (QED) is 0.522. The SMILES string of the molecule is CCCCN1C(=O)CC/C1=C\C(=O)OC. The second-order valence-electron chi connectivity index (χ2n) is 3.56. The minimum absolute atomic E-state index is 0.110. The second kappa shape index (κ2) is 5.53. The molecule has 0 radical (unpaired) electrons. The first-order valence-corrected chi connectivity index (χ1v) is 5.28. The Labute approximate surface area is 89.9 Å². The molecule has 0 aromatic carbocycles. The molecule has 4 heteroatoms. The van der Waals surface area contributed by atoms with Crippen LogP contribution in [0, 0.1) is 0 Å². The number of allylic oxidation sites excluding steroid dienone is 1. The Bertz CT molecular complexity index is 284. The standard InChI is InChI=1S/C11H17NO3/c1-3-4-7-12-9(5-6-10(12)13)8-11(14)15-2/h8H,3-7H2,1-2H3/b9-8+. The van der Waals surface area contributed by atoms with Crippen molar-refractivity contribution in [3.63, 3.8) is 0 Å². The molecule has 1 aliphatic rings. The first kappa shape index (κ1) is 11.8. The predicted molar refractivity (Wildman–Crippen MR) is 56.0 cm³/mol. The van der Waals surface area contributed by atoms with Crippen molar-refractivity contribution in [3.05, 3.63) is 11.8 Å². The zero-order valence-corrected chi connectivity index (χ0v) is 9.28. The lowest BCUT2D eigenvalue weighted by molar-refractivity contribution is -0.134. The molecule has 1 fully saturated rings. The third kappa shape index (κ3) is 3.08. The first-order chi connectivity index (χ1) is 7.19. The summed E-state index contributed by atoms with van der Waals surface area (Å²) in [6.07, 6.45) is 4.57. The highest BCUT2D eigenvalue weighted by molar-refractivity contribution is 5.87. The third-order valence-corrected chi connectivity index (χ3v) is 2.46. The summed E-state index contributed by atoms with van der Waals surface area (Å²) in [7, 11) is 1.34. The highest BCUT2D eigenvalue weighted by Gasteiger charge is 2.25. The summed E-state index contributed by atoms with van der Waals surface area (Å²) >= 11 is 0. The number of amides is 1. The molecule has 0 atom stereocenters. The molecule has 1 saturated heterocycles. The van der Waals surface area contributed by atoms with E-state index in [1.807, 2.05) is 0 Å². The summed E-state index contributed by atoms with van der Waals surface area (Å²) in [5.74, 6) is -0.278. The van der Waals surface area contributed by atoms with Crippen LogP contribution in [0.2, 0.25) is 0 Å². The number of likely N-dealkylation sites (tertiary alicyclic amines) is 1. The molecular weight excluding hydrogens is 194 g/mol. The largest absolute Gasteiger partial charge is 0.466 e. The van der Waals surface area contributed by atoms with Gasteiger partial charge in [0.1, 0.15) is 0 Å². The van der Waals surface area contributed by atoms with Gasteiger partial charge < -0.3 is 9.64 Å². The van der Waals surface area contributed by atoms with E-state index in [2.05, 4.69) is 11.7 Å². The summed E-state index contributed by atoms with van der Waals surface area (Å²) in [5, 5.41) is 0. The van der Waals surface area contributed by atoms with Gasteiger partial charge in [0.2, 0.25) is 5.91 Å². The molecule has 84 valence electrons. The molecule has 4 nitrogen and oxygen atoms in total. The smallest absolute Gasteiger partial charge is 0.332 e. The van der Waals surface area contributed by atoms with E-state index in [0.29, 0.717) is 19.4 Å². The van der Waals surface area contributed by atoms with Crippen LogP contribution in [0.5, 0.6) is 0 Å². The van der Waals surface area contributed by atoms with E-state index in [-0.39, 0.29) is 11.9 Å². The second-order valence-corrected chi connectivity index (χ2v) is 3.56. The van der Waals surface area contributed by atoms with Gasteiger partial charge in [0, 0.05) is 24.7 Å². The van der Waals surface area contributed by atoms with Crippen molar-refractivity contribution in [2.24, 2.45) is 0 Å². The lowest BCUT2D eigenvalue weighted by Crippen LogP contribution is -2.24. The molecular formula is C11H17NO3. The zero-order valence-electron chi connectivity index (χ0n) is 9.28. The van der Waals surface area contributed by atoms with Gasteiger partial charge in [0.05, 0.1) is 7.11 Å². The maximum Gasteiger partial charge on any atom is 0.332 e. The van der Waals surface area contributed by atoms with E-state index in [1.54, 1.807) is 4.90 Å². The number of rotatable bonds is 4. The fourth-order valence-corrected chi connectivity index (χ4v) is 1.59. The summed E-state index contributed by atoms with van der Waals surface area (Å²) in [4.78, 5) is 24.2. The number of nitrogens with zero attached hydrogens (tertiary/aromatic N) is 1. The number of hydrogen-bond donors (Lipinski definition) is 0. The third-order valence-electron chi connectivity index (χ3n) is 2.46. The lowest BCUT2D eigenvalue weighted by atomic mass is 10.3. The minimum Gasteiger partial charge on any atom is -0.466 e. The Morgan fingerprint density at radius 3 is 2.87 bits per heavy atom. The van der Waals surface area contributed by atoms with Crippen molar-refractivity contribution in [2.45, 2.75) is 32.6 Å². The summed E-state index contributed by atoms with van der Waals surface area (Å²) in [6, 6.07) is 0. The van der Waals surface area contributed by atoms with Crippen molar-refractivity contribution < 1.29 is 14.3 Å². The van der Waals surface area contributed by atoms with Crippen LogP contribution in [0.25, 0.3) is 0 Å². The molecule has 1 amide bonds. The number of carbonyl (C=O) groups excluding carboxylic acids is 2. The molecule has 0 saturated carbocycles. The molecule has 15 heavy (non-hydrogen) atoms. The van der Waals surface area contributed by atoms with E-state index in [1.165, 1.54) is 13.2 Å². The van der Waals surface area contributed by atoms with Gasteiger partial charge >= 0.3 is 5.97 Å².